The van der Waals surface area contributed by atoms with Crippen LogP contribution in [0.1, 0.15) is 39.0 Å². The van der Waals surface area contributed by atoms with Crippen LogP contribution in [0.3, 0.4) is 0 Å². The van der Waals surface area contributed by atoms with Crippen LogP contribution in [0, 0.1) is 5.92 Å². The van der Waals surface area contributed by atoms with Gasteiger partial charge in [-0.1, -0.05) is 13.3 Å². The SMILES string of the molecule is C[C@H](C[C@H](O)CCCCC(F)(F)F)C(=O)O. The largest absolute Gasteiger partial charge is 0.481 e. The molecule has 2 atom stereocenters. The van der Waals surface area contributed by atoms with Crippen molar-refractivity contribution in [2.75, 3.05) is 0 Å². The van der Waals surface area contributed by atoms with Crippen molar-refractivity contribution in [3.63, 3.8) is 0 Å². The summed E-state index contributed by atoms with van der Waals surface area (Å²) in [6, 6.07) is 0. The van der Waals surface area contributed by atoms with Gasteiger partial charge in [-0.25, -0.2) is 0 Å². The Hall–Kier alpha value is -0.780. The maximum Gasteiger partial charge on any atom is 0.389 e. The summed E-state index contributed by atoms with van der Waals surface area (Å²) in [5, 5.41) is 17.9. The fourth-order valence-corrected chi connectivity index (χ4v) is 1.33. The van der Waals surface area contributed by atoms with Crippen LogP contribution in [0.25, 0.3) is 0 Å². The quantitative estimate of drug-likeness (QED) is 0.674. The Balaban J connectivity index is 3.59. The van der Waals surface area contributed by atoms with Gasteiger partial charge >= 0.3 is 12.1 Å². The minimum Gasteiger partial charge on any atom is -0.481 e. The number of alkyl halides is 3. The minimum absolute atomic E-state index is 0.0258. The van der Waals surface area contributed by atoms with Crippen molar-refractivity contribution in [1.29, 1.82) is 0 Å². The molecule has 0 unspecified atom stereocenters. The first-order valence-corrected chi connectivity index (χ1v) is 5.20. The molecule has 16 heavy (non-hydrogen) atoms. The third-order valence-electron chi connectivity index (χ3n) is 2.29. The second kappa shape index (κ2) is 6.73. The predicted octanol–water partition coefficient (Wildman–Crippen LogP) is 2.58. The molecule has 0 aliphatic heterocycles. The number of aliphatic carboxylic acids is 1. The van der Waals surface area contributed by atoms with Crippen LogP contribution in [0.15, 0.2) is 0 Å². The third kappa shape index (κ3) is 8.52. The number of halogens is 3. The predicted molar refractivity (Wildman–Crippen MR) is 51.9 cm³/mol. The molecule has 6 heteroatoms. The highest BCUT2D eigenvalue weighted by Gasteiger charge is 2.26. The van der Waals surface area contributed by atoms with Gasteiger partial charge in [0.2, 0.25) is 0 Å². The first kappa shape index (κ1) is 15.2. The number of carboxylic acids is 1. The normalized spacial score (nSPS) is 15.8. The van der Waals surface area contributed by atoms with E-state index in [1.54, 1.807) is 0 Å². The molecule has 0 spiro atoms. The van der Waals surface area contributed by atoms with E-state index in [2.05, 4.69) is 0 Å². The number of hydrogen-bond acceptors (Lipinski definition) is 2. The second-order valence-corrected chi connectivity index (χ2v) is 3.99. The molecule has 0 aromatic rings. The molecule has 0 amide bonds. The monoisotopic (exact) mass is 242 g/mol. The molecule has 0 saturated carbocycles. The Morgan fingerprint density at radius 1 is 1.31 bits per heavy atom. The smallest absolute Gasteiger partial charge is 0.389 e. The minimum atomic E-state index is -4.15. The lowest BCUT2D eigenvalue weighted by Crippen LogP contribution is -2.18. The summed E-state index contributed by atoms with van der Waals surface area (Å²) in [5.74, 6) is -1.67. The maximum atomic E-state index is 11.8. The molecule has 0 aliphatic rings. The molecule has 0 aromatic carbocycles. The van der Waals surface area contributed by atoms with E-state index in [1.165, 1.54) is 6.92 Å². The molecule has 0 aromatic heterocycles. The van der Waals surface area contributed by atoms with E-state index in [-0.39, 0.29) is 25.7 Å². The van der Waals surface area contributed by atoms with Crippen molar-refractivity contribution in [2.45, 2.75) is 51.3 Å². The number of unbranched alkanes of at least 4 members (excludes halogenated alkanes) is 1. The Labute approximate surface area is 92.3 Å². The van der Waals surface area contributed by atoms with Crippen LogP contribution in [-0.2, 0) is 4.79 Å². The zero-order valence-corrected chi connectivity index (χ0v) is 9.13. The summed E-state index contributed by atoms with van der Waals surface area (Å²) in [6.07, 6.45) is -5.31. The van der Waals surface area contributed by atoms with Crippen LogP contribution < -0.4 is 0 Å². The molecule has 96 valence electrons. The van der Waals surface area contributed by atoms with Crippen molar-refractivity contribution in [3.8, 4) is 0 Å². The summed E-state index contributed by atoms with van der Waals surface area (Å²) < 4.78 is 35.3. The van der Waals surface area contributed by atoms with E-state index >= 15 is 0 Å². The fraction of sp³-hybridized carbons (Fsp3) is 0.900. The topological polar surface area (TPSA) is 57.5 Å². The van der Waals surface area contributed by atoms with Crippen molar-refractivity contribution in [3.05, 3.63) is 0 Å². The van der Waals surface area contributed by atoms with Gasteiger partial charge in [0, 0.05) is 6.42 Å². The number of rotatable bonds is 7. The number of carboxylic acid groups (broad SMARTS) is 1. The van der Waals surface area contributed by atoms with E-state index in [0.717, 1.165) is 0 Å². The molecule has 0 rings (SSSR count). The van der Waals surface area contributed by atoms with Crippen molar-refractivity contribution in [1.82, 2.24) is 0 Å². The molecule has 0 fully saturated rings. The van der Waals surface area contributed by atoms with Crippen molar-refractivity contribution >= 4 is 5.97 Å². The summed E-state index contributed by atoms with van der Waals surface area (Å²) in [4.78, 5) is 10.4. The number of aliphatic hydroxyl groups excluding tert-OH is 1. The van der Waals surface area contributed by atoms with E-state index in [4.69, 9.17) is 5.11 Å². The van der Waals surface area contributed by atoms with Crippen LogP contribution in [0.5, 0.6) is 0 Å². The lowest BCUT2D eigenvalue weighted by Gasteiger charge is -2.13. The Morgan fingerprint density at radius 2 is 1.88 bits per heavy atom. The summed E-state index contributed by atoms with van der Waals surface area (Å²) >= 11 is 0. The molecule has 2 N–H and O–H groups in total. The maximum absolute atomic E-state index is 11.8. The van der Waals surface area contributed by atoms with Gasteiger partial charge in [0.25, 0.3) is 0 Å². The van der Waals surface area contributed by atoms with Crippen LogP contribution >= 0.6 is 0 Å². The highest BCUT2D eigenvalue weighted by Crippen LogP contribution is 2.23. The zero-order valence-electron chi connectivity index (χ0n) is 9.13. The highest BCUT2D eigenvalue weighted by atomic mass is 19.4. The Bertz CT molecular complexity index is 216. The molecule has 0 saturated heterocycles. The van der Waals surface area contributed by atoms with E-state index in [9.17, 15) is 23.1 Å². The summed E-state index contributed by atoms with van der Waals surface area (Å²) in [7, 11) is 0. The Kier molecular flexibility index (Phi) is 6.40. The average Bonchev–Trinajstić information content (AvgIpc) is 2.10. The van der Waals surface area contributed by atoms with Gasteiger partial charge in [0.15, 0.2) is 0 Å². The van der Waals surface area contributed by atoms with Crippen LogP contribution in [0.2, 0.25) is 0 Å². The number of carbonyl (C=O) groups is 1. The van der Waals surface area contributed by atoms with Crippen molar-refractivity contribution in [2.24, 2.45) is 5.92 Å². The highest BCUT2D eigenvalue weighted by molar-refractivity contribution is 5.69. The first-order chi connectivity index (χ1) is 7.22. The standard InChI is InChI=1S/C10H17F3O3/c1-7(9(15)16)6-8(14)4-2-3-5-10(11,12)13/h7-8,14H,2-6H2,1H3,(H,15,16)/t7-,8-/m1/s1. The second-order valence-electron chi connectivity index (χ2n) is 3.99. The summed E-state index contributed by atoms with van der Waals surface area (Å²) in [5.41, 5.74) is 0. The third-order valence-corrected chi connectivity index (χ3v) is 2.29. The first-order valence-electron chi connectivity index (χ1n) is 5.20. The van der Waals surface area contributed by atoms with Gasteiger partial charge in [-0.05, 0) is 19.3 Å². The van der Waals surface area contributed by atoms with Crippen molar-refractivity contribution < 1.29 is 28.2 Å². The Morgan fingerprint density at radius 3 is 2.31 bits per heavy atom. The van der Waals surface area contributed by atoms with Gasteiger partial charge < -0.3 is 10.2 Å². The molecule has 0 aliphatic carbocycles. The van der Waals surface area contributed by atoms with Gasteiger partial charge in [0.05, 0.1) is 12.0 Å². The molecule has 3 nitrogen and oxygen atoms in total. The van der Waals surface area contributed by atoms with E-state index in [0.29, 0.717) is 0 Å². The number of hydrogen-bond donors (Lipinski definition) is 2. The van der Waals surface area contributed by atoms with Crippen LogP contribution in [0.4, 0.5) is 13.2 Å². The van der Waals surface area contributed by atoms with E-state index in [1.807, 2.05) is 0 Å². The lowest BCUT2D eigenvalue weighted by atomic mass is 10.00. The lowest BCUT2D eigenvalue weighted by molar-refractivity contribution is -0.142. The van der Waals surface area contributed by atoms with E-state index < -0.39 is 30.6 Å². The fourth-order valence-electron chi connectivity index (χ4n) is 1.33. The van der Waals surface area contributed by atoms with Gasteiger partial charge in [-0.15, -0.1) is 0 Å². The zero-order chi connectivity index (χ0) is 12.8. The number of aliphatic hydroxyl groups is 1. The molecule has 0 radical (unpaired) electrons. The van der Waals surface area contributed by atoms with Gasteiger partial charge in [0.1, 0.15) is 0 Å². The molecular weight excluding hydrogens is 225 g/mol. The molecular formula is C10H17F3O3. The average molecular weight is 242 g/mol. The summed E-state index contributed by atoms with van der Waals surface area (Å²) in [6.45, 7) is 1.46. The molecule has 0 heterocycles. The molecule has 0 bridgehead atoms. The van der Waals surface area contributed by atoms with Gasteiger partial charge in [-0.3, -0.25) is 4.79 Å². The van der Waals surface area contributed by atoms with Crippen LogP contribution in [-0.4, -0.2) is 28.5 Å². The van der Waals surface area contributed by atoms with Gasteiger partial charge in [-0.2, -0.15) is 13.2 Å².